The smallest absolute Gasteiger partial charge is 0.410 e. The second kappa shape index (κ2) is 12.4. The summed E-state index contributed by atoms with van der Waals surface area (Å²) in [6, 6.07) is 11.4. The van der Waals surface area contributed by atoms with Crippen molar-refractivity contribution < 1.29 is 18.7 Å². The van der Waals surface area contributed by atoms with Crippen molar-refractivity contribution in [2.45, 2.75) is 103 Å². The fourth-order valence-corrected chi connectivity index (χ4v) is 12.9. The highest BCUT2D eigenvalue weighted by Crippen LogP contribution is 2.42. The van der Waals surface area contributed by atoms with Crippen LogP contribution >= 0.6 is 0 Å². The van der Waals surface area contributed by atoms with Gasteiger partial charge in [0.15, 0.2) is 5.82 Å². The summed E-state index contributed by atoms with van der Waals surface area (Å²) < 4.78 is 21.7. The summed E-state index contributed by atoms with van der Waals surface area (Å²) in [5.74, 6) is 2.44. The molecule has 0 unspecified atom stereocenters. The van der Waals surface area contributed by atoms with Crippen molar-refractivity contribution in [3.05, 3.63) is 59.5 Å². The van der Waals surface area contributed by atoms with Crippen molar-refractivity contribution in [2.24, 2.45) is 0 Å². The fourth-order valence-electron chi connectivity index (χ4n) is 7.67. The van der Waals surface area contributed by atoms with E-state index in [2.05, 4.69) is 58.0 Å². The summed E-state index contributed by atoms with van der Waals surface area (Å²) in [7, 11) is -2.02. The van der Waals surface area contributed by atoms with E-state index in [-0.39, 0.29) is 41.0 Å². The van der Waals surface area contributed by atoms with Crippen molar-refractivity contribution in [1.82, 2.24) is 14.8 Å². The number of likely N-dealkylation sites (tertiary alicyclic amines) is 2. The number of benzene rings is 2. The van der Waals surface area contributed by atoms with Crippen molar-refractivity contribution >= 4 is 36.5 Å². The van der Waals surface area contributed by atoms with Crippen molar-refractivity contribution in [1.29, 1.82) is 0 Å². The van der Waals surface area contributed by atoms with Crippen LogP contribution in [-0.2, 0) is 4.74 Å². The SMILES string of the molecule is CC(C)[Si](C#Cc1cccc2cccc(-c3ncc(C(=O)N4C[C@@H]5[C@H]4CCN5C(=O)OC(C)(C)C)c(N)c3F)c12)(C(C)C)C(C)C. The molecule has 2 aromatic carbocycles. The Hall–Kier alpha value is -3.90. The quantitative estimate of drug-likeness (QED) is 0.225. The Morgan fingerprint density at radius 2 is 1.63 bits per heavy atom. The highest BCUT2D eigenvalue weighted by molar-refractivity contribution is 6.90. The van der Waals surface area contributed by atoms with Crippen molar-refractivity contribution in [2.75, 3.05) is 18.8 Å². The zero-order chi connectivity index (χ0) is 33.7. The average Bonchev–Trinajstić information content (AvgIpc) is 3.28. The van der Waals surface area contributed by atoms with E-state index >= 15 is 4.39 Å². The van der Waals surface area contributed by atoms with Crippen LogP contribution in [0.4, 0.5) is 14.9 Å². The molecule has 0 spiro atoms. The molecule has 1 aromatic heterocycles. The predicted molar refractivity (Wildman–Crippen MR) is 186 cm³/mol. The first-order valence-corrected chi connectivity index (χ1v) is 18.6. The first-order valence-electron chi connectivity index (χ1n) is 16.4. The number of carbonyl (C=O) groups is 2. The van der Waals surface area contributed by atoms with Crippen LogP contribution < -0.4 is 5.73 Å². The molecule has 2 saturated heterocycles. The molecule has 5 rings (SSSR count). The van der Waals surface area contributed by atoms with E-state index < -0.39 is 19.5 Å². The van der Waals surface area contributed by atoms with Crippen LogP contribution in [0.2, 0.25) is 16.6 Å². The first-order chi connectivity index (χ1) is 21.6. The number of hydrogen-bond donors (Lipinski definition) is 1. The minimum absolute atomic E-state index is 0.0252. The Bertz CT molecular complexity index is 1710. The first kappa shape index (κ1) is 33.5. The van der Waals surface area contributed by atoms with Crippen LogP contribution in [0.1, 0.15) is 84.7 Å². The maximum Gasteiger partial charge on any atom is 0.410 e. The lowest BCUT2D eigenvalue weighted by atomic mass is 9.94. The molecule has 244 valence electrons. The molecule has 7 nitrogen and oxygen atoms in total. The van der Waals surface area contributed by atoms with Gasteiger partial charge in [-0.05, 0) is 55.3 Å². The van der Waals surface area contributed by atoms with Crippen LogP contribution in [0.3, 0.4) is 0 Å². The summed E-state index contributed by atoms with van der Waals surface area (Å²) in [4.78, 5) is 34.1. The lowest BCUT2D eigenvalue weighted by Gasteiger charge is -2.46. The molecule has 0 bridgehead atoms. The molecule has 0 aliphatic carbocycles. The van der Waals surface area contributed by atoms with Crippen LogP contribution in [0.15, 0.2) is 42.6 Å². The number of rotatable bonds is 5. The zero-order valence-electron chi connectivity index (χ0n) is 28.6. The van der Waals surface area contributed by atoms with Crippen molar-refractivity contribution in [3.63, 3.8) is 0 Å². The van der Waals surface area contributed by atoms with Gasteiger partial charge in [0.1, 0.15) is 19.4 Å². The standard InChI is InChI=1S/C37H47FN4O3Si/c1-22(2)46(23(3)4,24(5)6)19-17-26-13-10-12-25-14-11-15-27(31(25)26)34-32(38)33(39)28(20-40-34)35(43)42-21-30-29(42)16-18-41(30)36(44)45-37(7,8)9/h10-15,20,22-24,29-30H,16,18,21H2,1-9H3,(H2,39,40)/t29-,30-/m1/s1. The lowest BCUT2D eigenvalue weighted by Crippen LogP contribution is -2.64. The largest absolute Gasteiger partial charge is 0.444 e. The number of nitrogens with two attached hydrogens (primary N) is 1. The van der Waals surface area contributed by atoms with Crippen LogP contribution in [0.25, 0.3) is 22.0 Å². The minimum Gasteiger partial charge on any atom is -0.444 e. The molecule has 9 heteroatoms. The highest BCUT2D eigenvalue weighted by atomic mass is 28.3. The second-order valence-electron chi connectivity index (χ2n) is 14.7. The molecular formula is C37H47FN4O3Si. The van der Waals surface area contributed by atoms with Gasteiger partial charge in [0.25, 0.3) is 5.91 Å². The Morgan fingerprint density at radius 3 is 2.24 bits per heavy atom. The molecule has 0 saturated carbocycles. The van der Waals surface area contributed by atoms with Gasteiger partial charge in [-0.2, -0.15) is 0 Å². The Kier molecular flexibility index (Phi) is 8.99. The summed E-state index contributed by atoms with van der Waals surface area (Å²) in [5.41, 5.74) is 12.3. The molecule has 2 aliphatic rings. The van der Waals surface area contributed by atoms with Gasteiger partial charge < -0.3 is 20.3 Å². The Balaban J connectivity index is 1.48. The van der Waals surface area contributed by atoms with E-state index in [4.69, 9.17) is 10.5 Å². The third-order valence-electron chi connectivity index (χ3n) is 9.91. The van der Waals surface area contributed by atoms with Gasteiger partial charge in [0.05, 0.1) is 23.3 Å². The summed E-state index contributed by atoms with van der Waals surface area (Å²) >= 11 is 0. The molecule has 0 radical (unpaired) electrons. The molecule has 3 heterocycles. The fraction of sp³-hybridized carbons (Fsp3) is 0.486. The number of aromatic nitrogens is 1. The van der Waals surface area contributed by atoms with Gasteiger partial charge in [-0.3, -0.25) is 9.78 Å². The summed E-state index contributed by atoms with van der Waals surface area (Å²) in [6.45, 7) is 20.0. The number of pyridine rings is 1. The number of nitrogen functional groups attached to an aromatic ring is 1. The molecule has 2 amide bonds. The average molecular weight is 643 g/mol. The number of anilines is 1. The molecule has 2 atom stereocenters. The number of carbonyl (C=O) groups excluding carboxylic acids is 2. The van der Waals surface area contributed by atoms with Crippen LogP contribution in [0, 0.1) is 17.3 Å². The topological polar surface area (TPSA) is 88.8 Å². The van der Waals surface area contributed by atoms with E-state index in [1.807, 2.05) is 57.2 Å². The van der Waals surface area contributed by atoms with Crippen molar-refractivity contribution in [3.8, 4) is 22.7 Å². The highest BCUT2D eigenvalue weighted by Gasteiger charge is 2.52. The predicted octanol–water partition coefficient (Wildman–Crippen LogP) is 8.03. The van der Waals surface area contributed by atoms with E-state index in [9.17, 15) is 9.59 Å². The minimum atomic E-state index is -2.02. The van der Waals surface area contributed by atoms with E-state index in [1.54, 1.807) is 9.80 Å². The number of amides is 2. The third-order valence-corrected chi connectivity index (χ3v) is 16.2. The third kappa shape index (κ3) is 5.77. The number of fused-ring (bicyclic) bond motifs is 2. The lowest BCUT2D eigenvalue weighted by molar-refractivity contribution is -0.00675. The molecule has 2 N–H and O–H groups in total. The number of nitrogens with zero attached hydrogens (tertiary/aromatic N) is 3. The Morgan fingerprint density at radius 1 is 1.00 bits per heavy atom. The van der Waals surface area contributed by atoms with Crippen LogP contribution in [-0.4, -0.2) is 65.6 Å². The van der Waals surface area contributed by atoms with Gasteiger partial charge in [-0.15, -0.1) is 5.54 Å². The second-order valence-corrected chi connectivity index (χ2v) is 20.2. The van der Waals surface area contributed by atoms with Gasteiger partial charge in [-0.1, -0.05) is 77.8 Å². The van der Waals surface area contributed by atoms with Gasteiger partial charge in [0, 0.05) is 35.8 Å². The van der Waals surface area contributed by atoms with E-state index in [1.165, 1.54) is 6.20 Å². The maximum atomic E-state index is 16.2. The molecule has 46 heavy (non-hydrogen) atoms. The van der Waals surface area contributed by atoms with Gasteiger partial charge in [0.2, 0.25) is 0 Å². The number of halogens is 1. The number of hydrogen-bond acceptors (Lipinski definition) is 5. The van der Waals surface area contributed by atoms with E-state index in [0.717, 1.165) is 16.3 Å². The zero-order valence-corrected chi connectivity index (χ0v) is 29.6. The number of ether oxygens (including phenoxy) is 1. The molecule has 2 aliphatic heterocycles. The van der Waals surface area contributed by atoms with Gasteiger partial charge >= 0.3 is 6.09 Å². The summed E-state index contributed by atoms with van der Waals surface area (Å²) in [5, 5.41) is 1.75. The van der Waals surface area contributed by atoms with E-state index in [0.29, 0.717) is 41.7 Å². The normalized spacial score (nSPS) is 18.1. The van der Waals surface area contributed by atoms with Gasteiger partial charge in [-0.25, -0.2) is 9.18 Å². The maximum absolute atomic E-state index is 16.2. The Labute approximate surface area is 273 Å². The molecule has 2 fully saturated rings. The molecule has 3 aromatic rings. The monoisotopic (exact) mass is 642 g/mol. The molecular weight excluding hydrogens is 596 g/mol. The van der Waals surface area contributed by atoms with Crippen LogP contribution in [0.5, 0.6) is 0 Å². The summed E-state index contributed by atoms with van der Waals surface area (Å²) in [6.07, 6.45) is 1.62.